The number of nitrogens with one attached hydrogen (secondary N) is 1. The molecule has 3 fully saturated rings. The van der Waals surface area contributed by atoms with Crippen LogP contribution in [0.5, 0.6) is 0 Å². The summed E-state index contributed by atoms with van der Waals surface area (Å²) in [5.41, 5.74) is -0.703. The maximum Gasteiger partial charge on any atom is 0.417 e. The van der Waals surface area contributed by atoms with Gasteiger partial charge in [0.2, 0.25) is 0 Å². The summed E-state index contributed by atoms with van der Waals surface area (Å²) in [5.74, 6) is 1.22. The summed E-state index contributed by atoms with van der Waals surface area (Å²) in [4.78, 5) is 6.24. The number of rotatable bonds is 2. The lowest BCUT2D eigenvalue weighted by molar-refractivity contribution is -0.137. The molecule has 0 amide bonds. The molecule has 1 aliphatic carbocycles. The van der Waals surface area contributed by atoms with Crippen molar-refractivity contribution in [2.45, 2.75) is 37.5 Å². The molecule has 3 heterocycles. The van der Waals surface area contributed by atoms with Gasteiger partial charge in [-0.25, -0.2) is 4.98 Å². The second-order valence-corrected chi connectivity index (χ2v) is 5.87. The van der Waals surface area contributed by atoms with Crippen LogP contribution >= 0.6 is 0 Å². The number of aromatic nitrogens is 1. The first kappa shape index (κ1) is 13.7. The van der Waals surface area contributed by atoms with Crippen LogP contribution in [0, 0.1) is 5.92 Å². The maximum absolute atomic E-state index is 12.5. The van der Waals surface area contributed by atoms with Crippen LogP contribution in [-0.4, -0.2) is 35.6 Å². The zero-order valence-electron chi connectivity index (χ0n) is 11.3. The summed E-state index contributed by atoms with van der Waals surface area (Å²) in [6.07, 6.45) is 0.0631. The fraction of sp³-hybridized carbons (Fsp3) is 0.643. The van der Waals surface area contributed by atoms with Gasteiger partial charge in [0.15, 0.2) is 0 Å². The number of nitrogens with zero attached hydrogens (tertiary/aromatic N) is 2. The Labute approximate surface area is 116 Å². The number of hydrogen-bond donors (Lipinski definition) is 1. The van der Waals surface area contributed by atoms with Gasteiger partial charge in [-0.3, -0.25) is 0 Å². The average molecular weight is 285 g/mol. The maximum atomic E-state index is 12.5. The van der Waals surface area contributed by atoms with Crippen molar-refractivity contribution >= 4 is 5.82 Å². The van der Waals surface area contributed by atoms with Gasteiger partial charge >= 0.3 is 6.18 Å². The van der Waals surface area contributed by atoms with Gasteiger partial charge in [-0.15, -0.1) is 0 Å². The van der Waals surface area contributed by atoms with Crippen molar-refractivity contribution in [2.24, 2.45) is 5.92 Å². The van der Waals surface area contributed by atoms with Crippen molar-refractivity contribution in [3.8, 4) is 0 Å². The van der Waals surface area contributed by atoms with Gasteiger partial charge in [-0.2, -0.15) is 13.2 Å². The van der Waals surface area contributed by atoms with Gasteiger partial charge in [0.05, 0.1) is 5.56 Å². The highest BCUT2D eigenvalue weighted by Crippen LogP contribution is 2.35. The number of hydrogen-bond acceptors (Lipinski definition) is 3. The monoisotopic (exact) mass is 285 g/mol. The molecule has 1 saturated carbocycles. The van der Waals surface area contributed by atoms with Crippen LogP contribution in [0.2, 0.25) is 0 Å². The molecule has 2 aliphatic heterocycles. The minimum Gasteiger partial charge on any atom is -0.366 e. The van der Waals surface area contributed by atoms with Crippen LogP contribution in [0.25, 0.3) is 0 Å². The van der Waals surface area contributed by atoms with E-state index in [1.54, 1.807) is 0 Å². The molecule has 1 aromatic heterocycles. The SMILES string of the molecule is CN1CC2CCC1C(Nc1ccc(C(F)(F)F)cn1)C2. The van der Waals surface area contributed by atoms with Crippen LogP contribution in [0.15, 0.2) is 18.3 Å². The lowest BCUT2D eigenvalue weighted by Gasteiger charge is -2.48. The topological polar surface area (TPSA) is 28.2 Å². The van der Waals surface area contributed by atoms with Gasteiger partial charge < -0.3 is 10.2 Å². The van der Waals surface area contributed by atoms with Crippen LogP contribution in [0.1, 0.15) is 24.8 Å². The summed E-state index contributed by atoms with van der Waals surface area (Å²) < 4.78 is 37.5. The third-order valence-corrected chi connectivity index (χ3v) is 4.46. The number of halogens is 3. The van der Waals surface area contributed by atoms with E-state index in [2.05, 4.69) is 22.2 Å². The molecule has 3 unspecified atom stereocenters. The highest BCUT2D eigenvalue weighted by molar-refractivity contribution is 5.38. The Morgan fingerprint density at radius 3 is 2.65 bits per heavy atom. The van der Waals surface area contributed by atoms with Crippen molar-refractivity contribution in [1.82, 2.24) is 9.88 Å². The van der Waals surface area contributed by atoms with Crippen molar-refractivity contribution in [2.75, 3.05) is 18.9 Å². The van der Waals surface area contributed by atoms with Crippen molar-refractivity contribution in [3.63, 3.8) is 0 Å². The minimum atomic E-state index is -4.32. The number of piperidine rings is 2. The zero-order valence-corrected chi connectivity index (χ0v) is 11.3. The fourth-order valence-corrected chi connectivity index (χ4v) is 3.47. The standard InChI is InChI=1S/C14H18F3N3/c1-20-8-9-2-4-12(20)11(6-9)19-13-5-3-10(7-18-13)14(15,16)17/h3,5,7,9,11-12H,2,4,6,8H2,1H3,(H,18,19). The van der Waals surface area contributed by atoms with Gasteiger partial charge in [0.1, 0.15) is 5.82 Å². The van der Waals surface area contributed by atoms with Crippen LogP contribution in [0.4, 0.5) is 19.0 Å². The second kappa shape index (κ2) is 4.91. The van der Waals surface area contributed by atoms with Crippen LogP contribution in [0.3, 0.4) is 0 Å². The Morgan fingerprint density at radius 2 is 2.10 bits per heavy atom. The fourth-order valence-electron chi connectivity index (χ4n) is 3.47. The van der Waals surface area contributed by atoms with E-state index < -0.39 is 11.7 Å². The molecule has 2 saturated heterocycles. The smallest absolute Gasteiger partial charge is 0.366 e. The van der Waals surface area contributed by atoms with E-state index in [1.807, 2.05) is 0 Å². The average Bonchev–Trinajstić information content (AvgIpc) is 2.38. The molecular weight excluding hydrogens is 267 g/mol. The molecule has 6 heteroatoms. The summed E-state index contributed by atoms with van der Waals surface area (Å²) in [5, 5.41) is 3.30. The molecule has 4 rings (SSSR count). The molecule has 1 aromatic rings. The molecule has 110 valence electrons. The highest BCUT2D eigenvalue weighted by atomic mass is 19.4. The molecule has 0 radical (unpaired) electrons. The summed E-state index contributed by atoms with van der Waals surface area (Å²) in [6, 6.07) is 3.26. The minimum absolute atomic E-state index is 0.289. The van der Waals surface area contributed by atoms with Crippen LogP contribution < -0.4 is 5.32 Å². The van der Waals surface area contributed by atoms with Crippen molar-refractivity contribution < 1.29 is 13.2 Å². The first-order chi connectivity index (χ1) is 9.43. The quantitative estimate of drug-likeness (QED) is 0.905. The Morgan fingerprint density at radius 1 is 1.30 bits per heavy atom. The van der Waals surface area contributed by atoms with Gasteiger partial charge in [0, 0.05) is 24.8 Å². The lowest BCUT2D eigenvalue weighted by atomic mass is 9.77. The van der Waals surface area contributed by atoms with E-state index >= 15 is 0 Å². The molecule has 2 bridgehead atoms. The molecule has 3 aliphatic rings. The Balaban J connectivity index is 1.69. The van der Waals surface area contributed by atoms with E-state index in [9.17, 15) is 13.2 Å². The summed E-state index contributed by atoms with van der Waals surface area (Å²) in [7, 11) is 2.12. The molecule has 20 heavy (non-hydrogen) atoms. The van der Waals surface area contributed by atoms with Gasteiger partial charge in [0.25, 0.3) is 0 Å². The first-order valence-corrected chi connectivity index (χ1v) is 6.93. The third kappa shape index (κ3) is 2.61. The highest BCUT2D eigenvalue weighted by Gasteiger charge is 2.39. The molecule has 3 atom stereocenters. The molecule has 0 aromatic carbocycles. The van der Waals surface area contributed by atoms with Crippen molar-refractivity contribution in [3.05, 3.63) is 23.9 Å². The Hall–Kier alpha value is -1.30. The predicted molar refractivity (Wildman–Crippen MR) is 70.4 cm³/mol. The predicted octanol–water partition coefficient (Wildman–Crippen LogP) is 3.00. The molecule has 3 nitrogen and oxygen atoms in total. The zero-order chi connectivity index (χ0) is 14.3. The second-order valence-electron chi connectivity index (χ2n) is 5.87. The van der Waals surface area contributed by atoms with Gasteiger partial charge in [-0.05, 0) is 44.4 Å². The van der Waals surface area contributed by atoms with E-state index in [0.717, 1.165) is 31.6 Å². The normalized spacial score (nSPS) is 30.5. The lowest BCUT2D eigenvalue weighted by Crippen LogP contribution is -2.56. The number of pyridine rings is 1. The molecule has 1 N–H and O–H groups in total. The number of anilines is 1. The summed E-state index contributed by atoms with van der Waals surface area (Å²) in [6.45, 7) is 1.13. The van der Waals surface area contributed by atoms with E-state index in [1.165, 1.54) is 12.5 Å². The first-order valence-electron chi connectivity index (χ1n) is 6.93. The molecular formula is C14H18F3N3. The number of alkyl halides is 3. The van der Waals surface area contributed by atoms with Crippen LogP contribution in [-0.2, 0) is 6.18 Å². The van der Waals surface area contributed by atoms with Crippen molar-refractivity contribution in [1.29, 1.82) is 0 Å². The Kier molecular flexibility index (Phi) is 3.36. The Bertz CT molecular complexity index is 472. The van der Waals surface area contributed by atoms with Gasteiger partial charge in [-0.1, -0.05) is 0 Å². The summed E-state index contributed by atoms with van der Waals surface area (Å²) >= 11 is 0. The largest absolute Gasteiger partial charge is 0.417 e. The van der Waals surface area contributed by atoms with E-state index in [-0.39, 0.29) is 6.04 Å². The number of fused-ring (bicyclic) bond motifs is 3. The van der Waals surface area contributed by atoms with E-state index in [4.69, 9.17) is 0 Å². The third-order valence-electron chi connectivity index (χ3n) is 4.46. The number of likely N-dealkylation sites (N-methyl/N-ethyl adjacent to an activating group) is 1. The molecule has 0 spiro atoms. The van der Waals surface area contributed by atoms with E-state index in [0.29, 0.717) is 17.8 Å².